The number of amides is 1. The fourth-order valence-corrected chi connectivity index (χ4v) is 2.78. The average molecular weight is 328 g/mol. The molecule has 1 fully saturated rings. The summed E-state index contributed by atoms with van der Waals surface area (Å²) >= 11 is 0. The predicted molar refractivity (Wildman–Crippen MR) is 81.5 cm³/mol. The number of halogens is 2. The maximum atomic E-state index is 12.6. The van der Waals surface area contributed by atoms with E-state index in [1.807, 2.05) is 0 Å². The molecule has 1 amide bonds. The third kappa shape index (κ3) is 4.31. The molecule has 5 nitrogen and oxygen atoms in total. The lowest BCUT2D eigenvalue weighted by atomic mass is 9.98. The van der Waals surface area contributed by atoms with Crippen molar-refractivity contribution in [2.45, 2.75) is 51.3 Å². The number of nitrogens with one attached hydrogen (secondary N) is 1. The summed E-state index contributed by atoms with van der Waals surface area (Å²) in [7, 11) is 0. The normalized spacial score (nSPS) is 16.4. The largest absolute Gasteiger partial charge is 0.490 e. The minimum atomic E-state index is -2.97. The molecule has 2 rings (SSSR count). The van der Waals surface area contributed by atoms with E-state index in [2.05, 4.69) is 10.1 Å². The first-order valence-electron chi connectivity index (χ1n) is 7.73. The van der Waals surface area contributed by atoms with E-state index in [1.54, 1.807) is 25.1 Å². The Bertz CT molecular complexity index is 546. The van der Waals surface area contributed by atoms with Gasteiger partial charge in [0.05, 0.1) is 12.1 Å². The Morgan fingerprint density at radius 2 is 2.09 bits per heavy atom. The van der Waals surface area contributed by atoms with Gasteiger partial charge >= 0.3 is 6.61 Å². The SMILES string of the molecule is CCOc1cccc(CNC(=O)C2(N)CCCC2)c1OC(F)F. The van der Waals surface area contributed by atoms with Crippen LogP contribution in [0.15, 0.2) is 18.2 Å². The minimum absolute atomic E-state index is 0.0536. The first-order valence-corrected chi connectivity index (χ1v) is 7.73. The van der Waals surface area contributed by atoms with Gasteiger partial charge in [-0.2, -0.15) is 8.78 Å². The zero-order valence-corrected chi connectivity index (χ0v) is 13.1. The second-order valence-corrected chi connectivity index (χ2v) is 5.60. The second kappa shape index (κ2) is 7.59. The third-order valence-corrected chi connectivity index (χ3v) is 3.95. The zero-order chi connectivity index (χ0) is 16.9. The number of benzene rings is 1. The average Bonchev–Trinajstić information content (AvgIpc) is 2.95. The molecule has 1 aromatic carbocycles. The van der Waals surface area contributed by atoms with Crippen molar-refractivity contribution in [3.63, 3.8) is 0 Å². The number of nitrogens with two attached hydrogens (primary N) is 1. The Labute approximate surface area is 134 Å². The fourth-order valence-electron chi connectivity index (χ4n) is 2.78. The Balaban J connectivity index is 2.12. The van der Waals surface area contributed by atoms with E-state index in [4.69, 9.17) is 10.5 Å². The van der Waals surface area contributed by atoms with Crippen LogP contribution in [0, 0.1) is 0 Å². The molecule has 0 saturated heterocycles. The van der Waals surface area contributed by atoms with Crippen molar-refractivity contribution < 1.29 is 23.0 Å². The quantitative estimate of drug-likeness (QED) is 0.807. The number of alkyl halides is 2. The summed E-state index contributed by atoms with van der Waals surface area (Å²) in [6.45, 7) is -0.845. The molecule has 1 aliphatic carbocycles. The van der Waals surface area contributed by atoms with Gasteiger partial charge in [-0.25, -0.2) is 0 Å². The molecule has 0 bridgehead atoms. The lowest BCUT2D eigenvalue weighted by Crippen LogP contribution is -2.51. The molecular formula is C16H22F2N2O3. The predicted octanol–water partition coefficient (Wildman–Crippen LogP) is 2.57. The highest BCUT2D eigenvalue weighted by Crippen LogP contribution is 2.33. The van der Waals surface area contributed by atoms with Gasteiger partial charge in [0.2, 0.25) is 5.91 Å². The van der Waals surface area contributed by atoms with E-state index in [1.165, 1.54) is 0 Å². The Morgan fingerprint density at radius 3 is 2.70 bits per heavy atom. The molecule has 0 aliphatic heterocycles. The topological polar surface area (TPSA) is 73.6 Å². The number of para-hydroxylation sites is 1. The van der Waals surface area contributed by atoms with Crippen LogP contribution >= 0.6 is 0 Å². The Hall–Kier alpha value is -1.89. The number of hydrogen-bond acceptors (Lipinski definition) is 4. The van der Waals surface area contributed by atoms with E-state index in [9.17, 15) is 13.6 Å². The number of ether oxygens (including phenoxy) is 2. The molecule has 0 atom stereocenters. The summed E-state index contributed by atoms with van der Waals surface area (Å²) < 4.78 is 35.2. The van der Waals surface area contributed by atoms with Crippen LogP contribution in [0.25, 0.3) is 0 Å². The van der Waals surface area contributed by atoms with Gasteiger partial charge < -0.3 is 20.5 Å². The van der Waals surface area contributed by atoms with Crippen molar-refractivity contribution in [1.82, 2.24) is 5.32 Å². The molecule has 23 heavy (non-hydrogen) atoms. The zero-order valence-electron chi connectivity index (χ0n) is 13.1. The molecule has 0 unspecified atom stereocenters. The summed E-state index contributed by atoms with van der Waals surface area (Å²) in [5.74, 6) is -0.0927. The van der Waals surface area contributed by atoms with Gasteiger partial charge in [0, 0.05) is 12.1 Å². The van der Waals surface area contributed by atoms with Crippen molar-refractivity contribution >= 4 is 5.91 Å². The molecule has 1 saturated carbocycles. The van der Waals surface area contributed by atoms with Crippen LogP contribution in [0.3, 0.4) is 0 Å². The summed E-state index contributed by atoms with van der Waals surface area (Å²) in [4.78, 5) is 12.2. The van der Waals surface area contributed by atoms with Gasteiger partial charge in [-0.3, -0.25) is 4.79 Å². The van der Waals surface area contributed by atoms with Crippen LogP contribution in [0.1, 0.15) is 38.2 Å². The van der Waals surface area contributed by atoms with Crippen LogP contribution in [0.5, 0.6) is 11.5 Å². The molecule has 0 aromatic heterocycles. The first-order chi connectivity index (χ1) is 11.0. The lowest BCUT2D eigenvalue weighted by molar-refractivity contribution is -0.126. The van der Waals surface area contributed by atoms with Crippen LogP contribution in [-0.2, 0) is 11.3 Å². The van der Waals surface area contributed by atoms with Crippen LogP contribution in [-0.4, -0.2) is 24.7 Å². The molecule has 3 N–H and O–H groups in total. The molecule has 0 heterocycles. The Morgan fingerprint density at radius 1 is 1.39 bits per heavy atom. The third-order valence-electron chi connectivity index (χ3n) is 3.95. The molecule has 0 spiro atoms. The highest BCUT2D eigenvalue weighted by atomic mass is 19.3. The molecule has 1 aliphatic rings. The number of carbonyl (C=O) groups excluding carboxylic acids is 1. The standard InChI is InChI=1S/C16H22F2N2O3/c1-2-22-12-7-5-6-11(13(12)23-15(17)18)10-20-14(21)16(19)8-3-4-9-16/h5-7,15H,2-4,8-10,19H2,1H3,(H,20,21). The van der Waals surface area contributed by atoms with Gasteiger partial charge in [0.25, 0.3) is 0 Å². The van der Waals surface area contributed by atoms with Crippen molar-refractivity contribution in [1.29, 1.82) is 0 Å². The van der Waals surface area contributed by atoms with Gasteiger partial charge in [-0.05, 0) is 25.8 Å². The van der Waals surface area contributed by atoms with Crippen LogP contribution < -0.4 is 20.5 Å². The number of carbonyl (C=O) groups is 1. The van der Waals surface area contributed by atoms with Gasteiger partial charge in [0.1, 0.15) is 0 Å². The van der Waals surface area contributed by atoms with Crippen molar-refractivity contribution in [3.05, 3.63) is 23.8 Å². The monoisotopic (exact) mass is 328 g/mol. The molecule has 1 aromatic rings. The highest BCUT2D eigenvalue weighted by Gasteiger charge is 2.36. The highest BCUT2D eigenvalue weighted by molar-refractivity contribution is 5.86. The molecule has 128 valence electrons. The summed E-state index contributed by atoms with van der Waals surface area (Å²) in [5, 5.41) is 2.72. The maximum absolute atomic E-state index is 12.6. The van der Waals surface area contributed by atoms with E-state index in [0.29, 0.717) is 25.0 Å². The minimum Gasteiger partial charge on any atom is -0.490 e. The number of hydrogen-bond donors (Lipinski definition) is 2. The summed E-state index contributed by atoms with van der Waals surface area (Å²) in [6, 6.07) is 4.82. The first kappa shape index (κ1) is 17.5. The van der Waals surface area contributed by atoms with Gasteiger partial charge in [0.15, 0.2) is 11.5 Å². The van der Waals surface area contributed by atoms with Crippen molar-refractivity contribution in [2.75, 3.05) is 6.61 Å². The summed E-state index contributed by atoms with van der Waals surface area (Å²) in [6.07, 6.45) is 3.11. The van der Waals surface area contributed by atoms with Gasteiger partial charge in [-0.1, -0.05) is 25.0 Å². The summed E-state index contributed by atoms with van der Waals surface area (Å²) in [5.41, 5.74) is 5.64. The van der Waals surface area contributed by atoms with Crippen LogP contribution in [0.2, 0.25) is 0 Å². The van der Waals surface area contributed by atoms with Crippen molar-refractivity contribution in [3.8, 4) is 11.5 Å². The van der Waals surface area contributed by atoms with Gasteiger partial charge in [-0.15, -0.1) is 0 Å². The lowest BCUT2D eigenvalue weighted by Gasteiger charge is -2.23. The van der Waals surface area contributed by atoms with E-state index < -0.39 is 12.2 Å². The van der Waals surface area contributed by atoms with E-state index in [-0.39, 0.29) is 24.0 Å². The molecular weight excluding hydrogens is 306 g/mol. The fraction of sp³-hybridized carbons (Fsp3) is 0.562. The van der Waals surface area contributed by atoms with E-state index in [0.717, 1.165) is 12.8 Å². The molecule has 7 heteroatoms. The van der Waals surface area contributed by atoms with Crippen LogP contribution in [0.4, 0.5) is 8.78 Å². The second-order valence-electron chi connectivity index (χ2n) is 5.60. The maximum Gasteiger partial charge on any atom is 0.387 e. The Kier molecular flexibility index (Phi) is 5.76. The molecule has 0 radical (unpaired) electrons. The van der Waals surface area contributed by atoms with E-state index >= 15 is 0 Å². The van der Waals surface area contributed by atoms with Crippen molar-refractivity contribution in [2.24, 2.45) is 5.73 Å². The smallest absolute Gasteiger partial charge is 0.387 e. The number of rotatable bonds is 7.